The Hall–Kier alpha value is -3.02. The van der Waals surface area contributed by atoms with E-state index in [2.05, 4.69) is 5.32 Å². The van der Waals surface area contributed by atoms with Crippen molar-refractivity contribution >= 4 is 11.8 Å². The van der Waals surface area contributed by atoms with Crippen molar-refractivity contribution in [1.29, 1.82) is 0 Å². The van der Waals surface area contributed by atoms with Crippen LogP contribution in [0.25, 0.3) is 0 Å². The minimum absolute atomic E-state index is 0.0276. The first kappa shape index (κ1) is 26.2. The van der Waals surface area contributed by atoms with Crippen molar-refractivity contribution in [3.8, 4) is 11.5 Å². The van der Waals surface area contributed by atoms with E-state index >= 15 is 0 Å². The van der Waals surface area contributed by atoms with Crippen molar-refractivity contribution in [2.24, 2.45) is 0 Å². The molecule has 0 saturated heterocycles. The van der Waals surface area contributed by atoms with Crippen molar-refractivity contribution in [2.45, 2.75) is 65.0 Å². The van der Waals surface area contributed by atoms with Gasteiger partial charge in [-0.2, -0.15) is 0 Å². The van der Waals surface area contributed by atoms with Gasteiger partial charge in [0.15, 0.2) is 0 Å². The molecule has 0 aliphatic rings. The van der Waals surface area contributed by atoms with E-state index in [4.69, 9.17) is 9.47 Å². The van der Waals surface area contributed by atoms with E-state index in [0.29, 0.717) is 38.8 Å². The molecule has 0 bridgehead atoms. The van der Waals surface area contributed by atoms with Crippen LogP contribution in [0.5, 0.6) is 11.5 Å². The Morgan fingerprint density at radius 1 is 1.00 bits per heavy atom. The predicted octanol–water partition coefficient (Wildman–Crippen LogP) is 4.62. The van der Waals surface area contributed by atoms with Gasteiger partial charge < -0.3 is 19.7 Å². The molecule has 1 atom stereocenters. The first-order valence-corrected chi connectivity index (χ1v) is 11.7. The number of nitrogens with zero attached hydrogens (tertiary/aromatic N) is 1. The van der Waals surface area contributed by atoms with Crippen LogP contribution in [0.1, 0.15) is 52.5 Å². The van der Waals surface area contributed by atoms with E-state index in [0.717, 1.165) is 17.1 Å². The summed E-state index contributed by atoms with van der Waals surface area (Å²) in [5.41, 5.74) is 0.787. The zero-order chi connectivity index (χ0) is 24.3. The number of nitrogens with one attached hydrogen (secondary N) is 1. The first-order valence-electron chi connectivity index (χ1n) is 11.7. The maximum Gasteiger partial charge on any atom is 0.243 e. The van der Waals surface area contributed by atoms with Gasteiger partial charge in [0.2, 0.25) is 11.8 Å². The average molecular weight is 455 g/mol. The number of rotatable bonds is 12. The number of ether oxygens (including phenoxy) is 2. The lowest BCUT2D eigenvalue weighted by atomic mass is 10.0. The highest BCUT2D eigenvalue weighted by Crippen LogP contribution is 2.18. The van der Waals surface area contributed by atoms with E-state index in [9.17, 15) is 9.59 Å². The van der Waals surface area contributed by atoms with Crippen LogP contribution in [0.2, 0.25) is 0 Å². The molecule has 0 aliphatic carbocycles. The smallest absolute Gasteiger partial charge is 0.243 e. The molecule has 0 aliphatic heterocycles. The molecule has 2 aromatic rings. The predicted molar refractivity (Wildman–Crippen MR) is 132 cm³/mol. The summed E-state index contributed by atoms with van der Waals surface area (Å²) < 4.78 is 10.9. The summed E-state index contributed by atoms with van der Waals surface area (Å²) in [6, 6.07) is 16.9. The van der Waals surface area contributed by atoms with Gasteiger partial charge in [0.25, 0.3) is 0 Å². The molecule has 2 aromatic carbocycles. The van der Waals surface area contributed by atoms with Crippen molar-refractivity contribution < 1.29 is 19.1 Å². The molecule has 0 unspecified atom stereocenters. The van der Waals surface area contributed by atoms with E-state index < -0.39 is 6.04 Å². The van der Waals surface area contributed by atoms with Crippen molar-refractivity contribution in [2.75, 3.05) is 20.3 Å². The number of methoxy groups -OCH3 is 1. The molecule has 2 rings (SSSR count). The third-order valence-electron chi connectivity index (χ3n) is 5.23. The van der Waals surface area contributed by atoms with Crippen molar-refractivity contribution in [3.63, 3.8) is 0 Å². The topological polar surface area (TPSA) is 67.9 Å². The van der Waals surface area contributed by atoms with Gasteiger partial charge in [-0.05, 0) is 69.9 Å². The average Bonchev–Trinajstić information content (AvgIpc) is 2.79. The summed E-state index contributed by atoms with van der Waals surface area (Å²) in [4.78, 5) is 27.9. The van der Waals surface area contributed by atoms with Crippen LogP contribution in [-0.4, -0.2) is 48.6 Å². The number of hydrogen-bond donors (Lipinski definition) is 1. The quantitative estimate of drug-likeness (QED) is 0.475. The second-order valence-corrected chi connectivity index (χ2v) is 9.11. The van der Waals surface area contributed by atoms with Gasteiger partial charge in [0.05, 0.1) is 13.7 Å². The molecule has 0 heterocycles. The molecule has 1 N–H and O–H groups in total. The summed E-state index contributed by atoms with van der Waals surface area (Å²) in [5, 5.41) is 3.03. The van der Waals surface area contributed by atoms with E-state index in [1.54, 1.807) is 12.0 Å². The minimum Gasteiger partial charge on any atom is -0.497 e. The third-order valence-corrected chi connectivity index (χ3v) is 5.23. The number of benzene rings is 2. The fraction of sp³-hybridized carbons (Fsp3) is 0.481. The molecule has 0 radical (unpaired) electrons. The monoisotopic (exact) mass is 454 g/mol. The number of carbonyl (C=O) groups is 2. The number of amides is 2. The second-order valence-electron chi connectivity index (χ2n) is 9.11. The largest absolute Gasteiger partial charge is 0.497 e. The molecule has 6 nitrogen and oxygen atoms in total. The Kier molecular flexibility index (Phi) is 10.2. The zero-order valence-corrected chi connectivity index (χ0v) is 20.6. The van der Waals surface area contributed by atoms with Crippen LogP contribution in [0.15, 0.2) is 54.6 Å². The summed E-state index contributed by atoms with van der Waals surface area (Å²) in [7, 11) is 1.62. The van der Waals surface area contributed by atoms with Crippen LogP contribution < -0.4 is 14.8 Å². The normalized spacial score (nSPS) is 12.0. The Balaban J connectivity index is 2.00. The van der Waals surface area contributed by atoms with Crippen LogP contribution in [0, 0.1) is 0 Å². The van der Waals surface area contributed by atoms with Gasteiger partial charge in [-0.15, -0.1) is 0 Å². The molecule has 0 aromatic heterocycles. The van der Waals surface area contributed by atoms with Crippen LogP contribution in [0.4, 0.5) is 0 Å². The zero-order valence-electron chi connectivity index (χ0n) is 20.6. The van der Waals surface area contributed by atoms with Gasteiger partial charge >= 0.3 is 0 Å². The third kappa shape index (κ3) is 9.16. The molecular formula is C27H38N2O4. The van der Waals surface area contributed by atoms with Gasteiger partial charge in [0.1, 0.15) is 17.5 Å². The molecule has 0 spiro atoms. The van der Waals surface area contributed by atoms with Crippen molar-refractivity contribution in [1.82, 2.24) is 10.2 Å². The van der Waals surface area contributed by atoms with Crippen LogP contribution in [-0.2, 0) is 16.0 Å². The Morgan fingerprint density at radius 2 is 1.64 bits per heavy atom. The van der Waals surface area contributed by atoms with E-state index in [-0.39, 0.29) is 17.4 Å². The Bertz CT molecular complexity index is 860. The maximum absolute atomic E-state index is 13.2. The molecule has 180 valence electrons. The molecule has 0 saturated carbocycles. The van der Waals surface area contributed by atoms with Gasteiger partial charge in [-0.25, -0.2) is 0 Å². The minimum atomic E-state index is -0.497. The van der Waals surface area contributed by atoms with Crippen LogP contribution in [0.3, 0.4) is 0 Å². The molecular weight excluding hydrogens is 416 g/mol. The lowest BCUT2D eigenvalue weighted by molar-refractivity contribution is -0.141. The summed E-state index contributed by atoms with van der Waals surface area (Å²) >= 11 is 0. The summed E-state index contributed by atoms with van der Waals surface area (Å²) in [6.45, 7) is 8.72. The maximum atomic E-state index is 13.2. The summed E-state index contributed by atoms with van der Waals surface area (Å²) in [6.07, 6.45) is 2.16. The van der Waals surface area contributed by atoms with Gasteiger partial charge in [0, 0.05) is 18.5 Å². The molecule has 6 heteroatoms. The standard InChI is InChI=1S/C27H38N2O4/c1-6-24(26(31)28-27(2,3)4)29(19-18-21-11-8-7-9-12-21)25(30)13-10-20-33-23-16-14-22(32-5)15-17-23/h7-9,11-12,14-17,24H,6,10,13,18-20H2,1-5H3,(H,28,31)/t24-/m0/s1. The van der Waals surface area contributed by atoms with Crippen molar-refractivity contribution in [3.05, 3.63) is 60.2 Å². The lowest BCUT2D eigenvalue weighted by Gasteiger charge is -2.33. The van der Waals surface area contributed by atoms with E-state index in [1.807, 2.05) is 82.3 Å². The second kappa shape index (κ2) is 12.9. The highest BCUT2D eigenvalue weighted by atomic mass is 16.5. The SMILES string of the molecule is CC[C@@H](C(=O)NC(C)(C)C)N(CCc1ccccc1)C(=O)CCCOc1ccc(OC)cc1. The molecule has 2 amide bonds. The number of carbonyl (C=O) groups excluding carboxylic acids is 2. The lowest BCUT2D eigenvalue weighted by Crippen LogP contribution is -2.54. The highest BCUT2D eigenvalue weighted by Gasteiger charge is 2.30. The first-order chi connectivity index (χ1) is 15.7. The van der Waals surface area contributed by atoms with E-state index in [1.165, 1.54) is 0 Å². The molecule has 33 heavy (non-hydrogen) atoms. The van der Waals surface area contributed by atoms with Gasteiger partial charge in [-0.3, -0.25) is 9.59 Å². The molecule has 0 fully saturated rings. The Labute approximate surface area is 198 Å². The van der Waals surface area contributed by atoms with Gasteiger partial charge in [-0.1, -0.05) is 37.3 Å². The fourth-order valence-electron chi connectivity index (χ4n) is 3.58. The summed E-state index contributed by atoms with van der Waals surface area (Å²) in [5.74, 6) is 1.37. The van der Waals surface area contributed by atoms with Crippen LogP contribution >= 0.6 is 0 Å². The Morgan fingerprint density at radius 3 is 2.21 bits per heavy atom. The highest BCUT2D eigenvalue weighted by molar-refractivity contribution is 5.88. The fourth-order valence-corrected chi connectivity index (χ4v) is 3.58. The number of hydrogen-bond acceptors (Lipinski definition) is 4.